The van der Waals surface area contributed by atoms with Crippen LogP contribution in [0.5, 0.6) is 0 Å². The number of carbonyl (C=O) groups is 2. The first-order chi connectivity index (χ1) is 10.1. The van der Waals surface area contributed by atoms with Crippen molar-refractivity contribution in [2.75, 3.05) is 14.2 Å². The quantitative estimate of drug-likeness (QED) is 0.809. The molecule has 2 aromatic carbocycles. The fourth-order valence-electron chi connectivity index (χ4n) is 2.57. The minimum Gasteiger partial charge on any atom is -0.469 e. The molecule has 0 aliphatic rings. The average Bonchev–Trinajstić information content (AvgIpc) is 2.54. The molecule has 0 aromatic heterocycles. The second-order valence-electron chi connectivity index (χ2n) is 4.72. The summed E-state index contributed by atoms with van der Waals surface area (Å²) in [7, 11) is 2.74. The molecule has 0 fully saturated rings. The molecule has 0 radical (unpaired) electrons. The van der Waals surface area contributed by atoms with Crippen molar-refractivity contribution < 1.29 is 19.1 Å². The summed E-state index contributed by atoms with van der Waals surface area (Å²) < 4.78 is 9.68. The van der Waals surface area contributed by atoms with Gasteiger partial charge in [-0.15, -0.1) is 0 Å². The van der Waals surface area contributed by atoms with Gasteiger partial charge in [-0.2, -0.15) is 0 Å². The Labute approximate surface area is 123 Å². The van der Waals surface area contributed by atoms with Gasteiger partial charge in [0.25, 0.3) is 0 Å². The van der Waals surface area contributed by atoms with E-state index in [0.29, 0.717) is 12.0 Å². The Bertz CT molecular complexity index is 676. The van der Waals surface area contributed by atoms with Gasteiger partial charge in [-0.05, 0) is 28.8 Å². The molecule has 0 aliphatic heterocycles. The van der Waals surface area contributed by atoms with Gasteiger partial charge in [0.2, 0.25) is 0 Å². The van der Waals surface area contributed by atoms with E-state index in [9.17, 15) is 9.59 Å². The van der Waals surface area contributed by atoms with E-state index in [2.05, 4.69) is 0 Å². The zero-order chi connectivity index (χ0) is 15.4. The third-order valence-electron chi connectivity index (χ3n) is 3.63. The third-order valence-corrected chi connectivity index (χ3v) is 3.63. The van der Waals surface area contributed by atoms with Crippen molar-refractivity contribution in [2.45, 2.75) is 19.3 Å². The van der Waals surface area contributed by atoms with E-state index in [1.54, 1.807) is 12.1 Å². The fourth-order valence-corrected chi connectivity index (χ4v) is 2.57. The van der Waals surface area contributed by atoms with Gasteiger partial charge in [0, 0.05) is 0 Å². The molecule has 110 valence electrons. The smallest absolute Gasteiger partial charge is 0.338 e. The second-order valence-corrected chi connectivity index (χ2v) is 4.72. The maximum Gasteiger partial charge on any atom is 0.338 e. The van der Waals surface area contributed by atoms with Gasteiger partial charge in [-0.3, -0.25) is 4.79 Å². The molecule has 2 rings (SSSR count). The maximum absolute atomic E-state index is 11.9. The Kier molecular flexibility index (Phi) is 4.58. The van der Waals surface area contributed by atoms with Crippen LogP contribution in [0.15, 0.2) is 36.4 Å². The molecule has 0 saturated carbocycles. The van der Waals surface area contributed by atoms with Gasteiger partial charge in [0.1, 0.15) is 0 Å². The van der Waals surface area contributed by atoms with Crippen LogP contribution >= 0.6 is 0 Å². The van der Waals surface area contributed by atoms with Crippen LogP contribution in [0.25, 0.3) is 10.8 Å². The van der Waals surface area contributed by atoms with Gasteiger partial charge >= 0.3 is 11.9 Å². The summed E-state index contributed by atoms with van der Waals surface area (Å²) in [6.45, 7) is 1.94. The normalized spacial score (nSPS) is 12.0. The van der Waals surface area contributed by atoms with Crippen LogP contribution in [0.3, 0.4) is 0 Å². The van der Waals surface area contributed by atoms with Crippen LogP contribution in [0.4, 0.5) is 0 Å². The van der Waals surface area contributed by atoms with Gasteiger partial charge in [0.15, 0.2) is 0 Å². The van der Waals surface area contributed by atoms with Gasteiger partial charge < -0.3 is 9.47 Å². The third kappa shape index (κ3) is 2.75. The first-order valence-electron chi connectivity index (χ1n) is 6.81. The molecule has 0 aliphatic carbocycles. The predicted octanol–water partition coefficient (Wildman–Crippen LogP) is 3.29. The molecule has 0 saturated heterocycles. The molecule has 2 aromatic rings. The number of rotatable bonds is 4. The number of fused-ring (bicyclic) bond motifs is 1. The van der Waals surface area contributed by atoms with Crippen LogP contribution in [0.2, 0.25) is 0 Å². The van der Waals surface area contributed by atoms with Crippen molar-refractivity contribution in [2.24, 2.45) is 0 Å². The number of ether oxygens (including phenoxy) is 2. The van der Waals surface area contributed by atoms with E-state index >= 15 is 0 Å². The lowest BCUT2D eigenvalue weighted by atomic mass is 9.89. The average molecular weight is 286 g/mol. The van der Waals surface area contributed by atoms with E-state index < -0.39 is 0 Å². The van der Waals surface area contributed by atoms with Crippen LogP contribution in [-0.2, 0) is 14.3 Å². The monoisotopic (exact) mass is 286 g/mol. The van der Waals surface area contributed by atoms with Crippen molar-refractivity contribution in [3.63, 3.8) is 0 Å². The lowest BCUT2D eigenvalue weighted by molar-refractivity contribution is -0.142. The molecule has 0 heterocycles. The zero-order valence-electron chi connectivity index (χ0n) is 12.4. The SMILES string of the molecule is CC[C@H](C(=O)OC)c1ccc(C(=O)OC)c2ccccc12. The highest BCUT2D eigenvalue weighted by atomic mass is 16.5. The lowest BCUT2D eigenvalue weighted by Crippen LogP contribution is -2.14. The Hall–Kier alpha value is -2.36. The number of methoxy groups -OCH3 is 2. The van der Waals surface area contributed by atoms with Crippen molar-refractivity contribution in [3.05, 3.63) is 47.5 Å². The number of hydrogen-bond acceptors (Lipinski definition) is 4. The zero-order valence-corrected chi connectivity index (χ0v) is 12.4. The van der Waals surface area contributed by atoms with Crippen LogP contribution in [0.1, 0.15) is 35.2 Å². The summed E-state index contributed by atoms with van der Waals surface area (Å²) >= 11 is 0. The van der Waals surface area contributed by atoms with E-state index in [0.717, 1.165) is 16.3 Å². The first-order valence-corrected chi connectivity index (χ1v) is 6.81. The first kappa shape index (κ1) is 15.0. The molecule has 21 heavy (non-hydrogen) atoms. The van der Waals surface area contributed by atoms with E-state index in [1.165, 1.54) is 14.2 Å². The van der Waals surface area contributed by atoms with Crippen molar-refractivity contribution >= 4 is 22.7 Å². The minimum atomic E-state index is -0.385. The standard InChI is InChI=1S/C17H18O4/c1-4-11(16(18)20-2)14-9-10-15(17(19)21-3)13-8-6-5-7-12(13)14/h5-11H,4H2,1-3H3/t11-/m0/s1. The molecule has 0 bridgehead atoms. The summed E-state index contributed by atoms with van der Waals surface area (Å²) in [6.07, 6.45) is 0.633. The summed E-state index contributed by atoms with van der Waals surface area (Å²) in [5.74, 6) is -0.996. The molecule has 4 heteroatoms. The number of hydrogen-bond donors (Lipinski definition) is 0. The highest BCUT2D eigenvalue weighted by molar-refractivity contribution is 6.06. The van der Waals surface area contributed by atoms with E-state index in [1.807, 2.05) is 31.2 Å². The molecule has 0 unspecified atom stereocenters. The summed E-state index contributed by atoms with van der Waals surface area (Å²) in [5, 5.41) is 1.65. The topological polar surface area (TPSA) is 52.6 Å². The molecule has 0 amide bonds. The van der Waals surface area contributed by atoms with Crippen molar-refractivity contribution in [1.82, 2.24) is 0 Å². The number of benzene rings is 2. The molecule has 1 atom stereocenters. The predicted molar refractivity (Wildman–Crippen MR) is 80.3 cm³/mol. The Morgan fingerprint density at radius 3 is 2.24 bits per heavy atom. The number of carbonyl (C=O) groups excluding carboxylic acids is 2. The number of esters is 2. The second kappa shape index (κ2) is 6.39. The van der Waals surface area contributed by atoms with Gasteiger partial charge in [-0.25, -0.2) is 4.79 Å². The Morgan fingerprint density at radius 1 is 1.00 bits per heavy atom. The summed E-state index contributed by atoms with van der Waals surface area (Å²) in [6, 6.07) is 11.0. The van der Waals surface area contributed by atoms with Crippen LogP contribution in [0, 0.1) is 0 Å². The molecular weight excluding hydrogens is 268 g/mol. The minimum absolute atomic E-state index is 0.270. The van der Waals surface area contributed by atoms with E-state index in [4.69, 9.17) is 9.47 Å². The molecule has 0 spiro atoms. The van der Waals surface area contributed by atoms with Crippen molar-refractivity contribution in [1.29, 1.82) is 0 Å². The molecule has 0 N–H and O–H groups in total. The Balaban J connectivity index is 2.67. The lowest BCUT2D eigenvalue weighted by Gasteiger charge is -2.16. The summed E-state index contributed by atoms with van der Waals surface area (Å²) in [4.78, 5) is 23.8. The van der Waals surface area contributed by atoms with Crippen LogP contribution < -0.4 is 0 Å². The highest BCUT2D eigenvalue weighted by Gasteiger charge is 2.23. The Morgan fingerprint density at radius 2 is 1.67 bits per heavy atom. The molecule has 4 nitrogen and oxygen atoms in total. The maximum atomic E-state index is 11.9. The van der Waals surface area contributed by atoms with Crippen LogP contribution in [-0.4, -0.2) is 26.2 Å². The highest BCUT2D eigenvalue weighted by Crippen LogP contribution is 2.31. The van der Waals surface area contributed by atoms with Crippen molar-refractivity contribution in [3.8, 4) is 0 Å². The van der Waals surface area contributed by atoms with Gasteiger partial charge in [-0.1, -0.05) is 37.3 Å². The summed E-state index contributed by atoms with van der Waals surface area (Å²) in [5.41, 5.74) is 1.36. The molecular formula is C17H18O4. The largest absolute Gasteiger partial charge is 0.469 e. The van der Waals surface area contributed by atoms with E-state index in [-0.39, 0.29) is 17.9 Å². The van der Waals surface area contributed by atoms with Gasteiger partial charge in [0.05, 0.1) is 25.7 Å². The fraction of sp³-hybridized carbons (Fsp3) is 0.294.